The van der Waals surface area contributed by atoms with Crippen LogP contribution in [-0.2, 0) is 0 Å². The van der Waals surface area contributed by atoms with Gasteiger partial charge in [-0.1, -0.05) is 42.0 Å². The van der Waals surface area contributed by atoms with Crippen LogP contribution in [0.25, 0.3) is 16.5 Å². The van der Waals surface area contributed by atoms with E-state index in [0.29, 0.717) is 0 Å². The van der Waals surface area contributed by atoms with E-state index in [9.17, 15) is 9.90 Å². The lowest BCUT2D eigenvalue weighted by molar-refractivity contribution is 0.0952. The lowest BCUT2D eigenvalue weighted by Crippen LogP contribution is -2.17. The van der Waals surface area contributed by atoms with Crippen LogP contribution in [0.1, 0.15) is 38.4 Å². The molecular weight excluding hydrogens is 386 g/mol. The smallest absolute Gasteiger partial charge is 0.275 e. The lowest BCUT2D eigenvalue weighted by atomic mass is 10.1. The third kappa shape index (κ3) is 3.94. The number of hydrazone groups is 1. The van der Waals surface area contributed by atoms with Crippen LogP contribution >= 0.6 is 0 Å². The number of carbonyl (C=O) groups excluding carboxylic acids is 1. The zero-order valence-corrected chi connectivity index (χ0v) is 18.1. The number of benzene rings is 3. The maximum Gasteiger partial charge on any atom is 0.275 e. The minimum atomic E-state index is -0.456. The van der Waals surface area contributed by atoms with E-state index < -0.39 is 5.91 Å². The topological polar surface area (TPSA) is 66.6 Å². The summed E-state index contributed by atoms with van der Waals surface area (Å²) >= 11 is 0. The van der Waals surface area contributed by atoms with Gasteiger partial charge in [0.05, 0.1) is 11.8 Å². The Kier molecular flexibility index (Phi) is 5.34. The maximum absolute atomic E-state index is 12.6. The van der Waals surface area contributed by atoms with Crippen LogP contribution in [0.4, 0.5) is 0 Å². The van der Waals surface area contributed by atoms with Crippen molar-refractivity contribution in [3.05, 3.63) is 94.3 Å². The average Bonchev–Trinajstić information content (AvgIpc) is 3.01. The van der Waals surface area contributed by atoms with E-state index in [1.54, 1.807) is 18.3 Å². The Morgan fingerprint density at radius 1 is 0.968 bits per heavy atom. The molecule has 0 fully saturated rings. The van der Waals surface area contributed by atoms with E-state index in [4.69, 9.17) is 0 Å². The molecule has 156 valence electrons. The van der Waals surface area contributed by atoms with Crippen molar-refractivity contribution < 1.29 is 9.90 Å². The molecular formula is C26H25N3O2. The van der Waals surface area contributed by atoms with E-state index in [1.807, 2.05) is 37.3 Å². The molecule has 0 saturated heterocycles. The summed E-state index contributed by atoms with van der Waals surface area (Å²) in [5.74, 6) is -0.526. The van der Waals surface area contributed by atoms with Gasteiger partial charge < -0.3 is 9.67 Å². The molecule has 2 N–H and O–H groups in total. The second-order valence-corrected chi connectivity index (χ2v) is 7.87. The molecule has 5 heteroatoms. The predicted molar refractivity (Wildman–Crippen MR) is 125 cm³/mol. The fourth-order valence-corrected chi connectivity index (χ4v) is 3.98. The molecule has 0 radical (unpaired) electrons. The number of phenols is 1. The Morgan fingerprint density at radius 2 is 1.68 bits per heavy atom. The molecule has 4 aromatic rings. The van der Waals surface area contributed by atoms with Gasteiger partial charge in [0.2, 0.25) is 0 Å². The molecule has 0 aliphatic heterocycles. The number of aromatic nitrogens is 1. The first-order valence-electron chi connectivity index (χ1n) is 10.2. The normalized spacial score (nSPS) is 11.4. The zero-order chi connectivity index (χ0) is 22.1. The monoisotopic (exact) mass is 411 g/mol. The van der Waals surface area contributed by atoms with Gasteiger partial charge in [0.1, 0.15) is 5.75 Å². The minimum absolute atomic E-state index is 0.0700. The molecule has 1 amide bonds. The second-order valence-electron chi connectivity index (χ2n) is 7.87. The molecule has 0 aliphatic carbocycles. The largest absolute Gasteiger partial charge is 0.507 e. The molecule has 31 heavy (non-hydrogen) atoms. The number of nitrogens with one attached hydrogen (secondary N) is 1. The highest BCUT2D eigenvalue weighted by Crippen LogP contribution is 2.25. The Hall–Kier alpha value is -3.86. The second kappa shape index (κ2) is 8.11. The highest BCUT2D eigenvalue weighted by atomic mass is 16.3. The van der Waals surface area contributed by atoms with Crippen molar-refractivity contribution in [3.8, 4) is 11.4 Å². The summed E-state index contributed by atoms with van der Waals surface area (Å²) in [6.07, 6.45) is 1.64. The highest BCUT2D eigenvalue weighted by molar-refractivity contribution is 6.01. The molecule has 0 unspecified atom stereocenters. The van der Waals surface area contributed by atoms with Gasteiger partial charge in [0.25, 0.3) is 5.91 Å². The summed E-state index contributed by atoms with van der Waals surface area (Å²) in [5, 5.41) is 16.1. The number of fused-ring (bicyclic) bond motifs is 1. The van der Waals surface area contributed by atoms with Gasteiger partial charge >= 0.3 is 0 Å². The molecule has 0 atom stereocenters. The van der Waals surface area contributed by atoms with Crippen molar-refractivity contribution in [2.45, 2.75) is 27.7 Å². The number of aromatic hydroxyl groups is 1. The predicted octanol–water partition coefficient (Wildman–Crippen LogP) is 5.33. The lowest BCUT2D eigenvalue weighted by Gasteiger charge is -2.13. The van der Waals surface area contributed by atoms with Gasteiger partial charge in [-0.2, -0.15) is 5.10 Å². The van der Waals surface area contributed by atoms with Crippen LogP contribution in [-0.4, -0.2) is 21.8 Å². The van der Waals surface area contributed by atoms with Crippen LogP contribution in [0.2, 0.25) is 0 Å². The Morgan fingerprint density at radius 3 is 2.39 bits per heavy atom. The molecule has 1 aromatic heterocycles. The average molecular weight is 412 g/mol. The summed E-state index contributed by atoms with van der Waals surface area (Å²) in [5.41, 5.74) is 9.32. The van der Waals surface area contributed by atoms with Gasteiger partial charge in [0.15, 0.2) is 0 Å². The summed E-state index contributed by atoms with van der Waals surface area (Å²) in [7, 11) is 0. The van der Waals surface area contributed by atoms with Crippen LogP contribution in [0.5, 0.6) is 5.75 Å². The number of nitrogens with zero attached hydrogens (tertiary/aromatic N) is 2. The number of amides is 1. The molecule has 5 nitrogen and oxygen atoms in total. The quantitative estimate of drug-likeness (QED) is 0.352. The molecule has 0 aliphatic rings. The van der Waals surface area contributed by atoms with Crippen LogP contribution in [0, 0.1) is 27.7 Å². The van der Waals surface area contributed by atoms with Crippen LogP contribution < -0.4 is 5.43 Å². The van der Waals surface area contributed by atoms with Crippen molar-refractivity contribution >= 4 is 22.9 Å². The van der Waals surface area contributed by atoms with Crippen molar-refractivity contribution in [2.75, 3.05) is 0 Å². The number of aryl methyl sites for hydroxylation is 3. The van der Waals surface area contributed by atoms with Crippen molar-refractivity contribution in [2.24, 2.45) is 5.10 Å². The summed E-state index contributed by atoms with van der Waals surface area (Å²) in [6, 6.07) is 19.3. The van der Waals surface area contributed by atoms with E-state index in [0.717, 1.165) is 33.4 Å². The number of hydrogen-bond donors (Lipinski definition) is 2. The summed E-state index contributed by atoms with van der Waals surface area (Å²) < 4.78 is 2.19. The van der Waals surface area contributed by atoms with Gasteiger partial charge in [0, 0.05) is 22.6 Å². The van der Waals surface area contributed by atoms with Crippen molar-refractivity contribution in [1.82, 2.24) is 9.99 Å². The SMILES string of the molecule is Cc1ccc(-n2c(C)cc(/C=N\NC(=O)c3cc4ccccc4cc3O)c2C)c(C)c1. The summed E-state index contributed by atoms with van der Waals surface area (Å²) in [4.78, 5) is 12.6. The van der Waals surface area contributed by atoms with Gasteiger partial charge in [-0.25, -0.2) is 5.43 Å². The standard InChI is InChI=1S/C26H25N3O2/c1-16-9-10-24(17(2)11-16)29-18(3)12-22(19(29)4)15-27-28-26(31)23-13-20-7-5-6-8-21(20)14-25(23)30/h5-15,30H,1-4H3,(H,28,31)/b27-15-. The van der Waals surface area contributed by atoms with E-state index >= 15 is 0 Å². The van der Waals surface area contributed by atoms with Gasteiger partial charge in [-0.05, 0) is 68.3 Å². The fourth-order valence-electron chi connectivity index (χ4n) is 3.98. The molecule has 3 aromatic carbocycles. The highest BCUT2D eigenvalue weighted by Gasteiger charge is 2.13. The molecule has 0 bridgehead atoms. The van der Waals surface area contributed by atoms with E-state index in [2.05, 4.69) is 54.1 Å². The molecule has 1 heterocycles. The van der Waals surface area contributed by atoms with Gasteiger partial charge in [-0.15, -0.1) is 0 Å². The first-order chi connectivity index (χ1) is 14.8. The maximum atomic E-state index is 12.6. The molecule has 0 saturated carbocycles. The first-order valence-corrected chi connectivity index (χ1v) is 10.2. The third-order valence-corrected chi connectivity index (χ3v) is 5.54. The fraction of sp³-hybridized carbons (Fsp3) is 0.154. The van der Waals surface area contributed by atoms with E-state index in [-0.39, 0.29) is 11.3 Å². The van der Waals surface area contributed by atoms with Crippen molar-refractivity contribution in [3.63, 3.8) is 0 Å². The Bertz CT molecular complexity index is 1330. The number of phenolic OH excluding ortho intramolecular Hbond substituents is 1. The van der Waals surface area contributed by atoms with Crippen molar-refractivity contribution in [1.29, 1.82) is 0 Å². The summed E-state index contributed by atoms with van der Waals surface area (Å²) in [6.45, 7) is 8.27. The molecule has 4 rings (SSSR count). The van der Waals surface area contributed by atoms with Crippen LogP contribution in [0.3, 0.4) is 0 Å². The third-order valence-electron chi connectivity index (χ3n) is 5.54. The van der Waals surface area contributed by atoms with Crippen LogP contribution in [0.15, 0.2) is 65.8 Å². The minimum Gasteiger partial charge on any atom is -0.507 e. The molecule has 0 spiro atoms. The number of carbonyl (C=O) groups is 1. The van der Waals surface area contributed by atoms with E-state index in [1.165, 1.54) is 11.1 Å². The Balaban J connectivity index is 1.57. The zero-order valence-electron chi connectivity index (χ0n) is 18.1. The first kappa shape index (κ1) is 20.4. The number of rotatable bonds is 4. The Labute approximate surface area is 181 Å². The van der Waals surface area contributed by atoms with Gasteiger partial charge in [-0.3, -0.25) is 4.79 Å². The number of hydrogen-bond acceptors (Lipinski definition) is 3.